The third-order valence-electron chi connectivity index (χ3n) is 4.24. The highest BCUT2D eigenvalue weighted by Crippen LogP contribution is 2.26. The van der Waals surface area contributed by atoms with E-state index in [1.165, 1.54) is 4.57 Å². The van der Waals surface area contributed by atoms with Gasteiger partial charge in [-0.15, -0.1) is 0 Å². The normalized spacial score (nSPS) is 10.6. The predicted octanol–water partition coefficient (Wildman–Crippen LogP) is 4.13. The van der Waals surface area contributed by atoms with Gasteiger partial charge in [-0.25, -0.2) is 4.98 Å². The van der Waals surface area contributed by atoms with Gasteiger partial charge in [0.25, 0.3) is 5.56 Å². The van der Waals surface area contributed by atoms with Gasteiger partial charge in [0.15, 0.2) is 11.0 Å². The minimum atomic E-state index is -0.531. The first-order valence-electron chi connectivity index (χ1n) is 9.39. The van der Waals surface area contributed by atoms with Crippen LogP contribution in [0.15, 0.2) is 65.5 Å². The van der Waals surface area contributed by atoms with Gasteiger partial charge in [0.1, 0.15) is 13.2 Å². The monoisotopic (exact) mass is 411 g/mol. The van der Waals surface area contributed by atoms with Crippen LogP contribution in [0.4, 0.5) is 5.82 Å². The zero-order valence-corrected chi connectivity index (χ0v) is 16.9. The smallest absolute Gasteiger partial charge is 0.326 e. The molecular formula is C22H22ClN3O3. The van der Waals surface area contributed by atoms with E-state index >= 15 is 0 Å². The highest BCUT2D eigenvalue weighted by atomic mass is 35.5. The predicted molar refractivity (Wildman–Crippen MR) is 114 cm³/mol. The fraction of sp³-hybridized carbons (Fsp3) is 0.227. The van der Waals surface area contributed by atoms with Crippen molar-refractivity contribution in [3.63, 3.8) is 0 Å². The van der Waals surface area contributed by atoms with Gasteiger partial charge in [0.2, 0.25) is 0 Å². The molecule has 0 amide bonds. The van der Waals surface area contributed by atoms with E-state index in [0.29, 0.717) is 17.8 Å². The van der Waals surface area contributed by atoms with Crippen LogP contribution >= 0.6 is 11.6 Å². The number of hydrogen-bond acceptors (Lipinski definition) is 5. The van der Waals surface area contributed by atoms with Gasteiger partial charge in [0, 0.05) is 12.1 Å². The summed E-state index contributed by atoms with van der Waals surface area (Å²) < 4.78 is 6.67. The Labute approximate surface area is 174 Å². The van der Waals surface area contributed by atoms with Gasteiger partial charge in [-0.05, 0) is 12.0 Å². The fourth-order valence-electron chi connectivity index (χ4n) is 2.83. The summed E-state index contributed by atoms with van der Waals surface area (Å²) in [6.45, 7) is 2.42. The molecule has 0 aliphatic carbocycles. The average Bonchev–Trinajstić information content (AvgIpc) is 2.75. The van der Waals surface area contributed by atoms with E-state index in [0.717, 1.165) is 12.0 Å². The molecule has 0 saturated carbocycles. The lowest BCUT2D eigenvalue weighted by Crippen LogP contribution is -2.30. The molecule has 150 valence electrons. The van der Waals surface area contributed by atoms with Crippen LogP contribution in [0, 0.1) is 0 Å². The molecular weight excluding hydrogens is 390 g/mol. The Balaban J connectivity index is 1.92. The van der Waals surface area contributed by atoms with Crippen LogP contribution in [0.2, 0.25) is 5.15 Å². The molecule has 1 heterocycles. The molecule has 0 spiro atoms. The summed E-state index contributed by atoms with van der Waals surface area (Å²) in [6, 6.07) is 18.5. The number of anilines is 1. The van der Waals surface area contributed by atoms with Crippen molar-refractivity contribution in [2.45, 2.75) is 26.5 Å². The summed E-state index contributed by atoms with van der Waals surface area (Å²) in [4.78, 5) is 29.7. The first kappa shape index (κ1) is 20.6. The van der Waals surface area contributed by atoms with Crippen molar-refractivity contribution in [1.29, 1.82) is 0 Å². The average molecular weight is 412 g/mol. The largest absolute Gasteiger partial charge is 0.459 e. The maximum atomic E-state index is 13.0. The van der Waals surface area contributed by atoms with E-state index in [1.807, 2.05) is 67.6 Å². The number of nitrogens with zero attached hydrogens (tertiary/aromatic N) is 2. The van der Waals surface area contributed by atoms with Crippen LogP contribution in [0.1, 0.15) is 18.9 Å². The molecule has 3 aromatic rings. The molecule has 7 heteroatoms. The van der Waals surface area contributed by atoms with Crippen LogP contribution in [0.5, 0.6) is 0 Å². The van der Waals surface area contributed by atoms with Crippen LogP contribution in [0.25, 0.3) is 11.3 Å². The van der Waals surface area contributed by atoms with E-state index in [1.54, 1.807) is 0 Å². The van der Waals surface area contributed by atoms with Crippen molar-refractivity contribution in [2.24, 2.45) is 0 Å². The summed E-state index contributed by atoms with van der Waals surface area (Å²) in [5.41, 5.74) is 1.53. The topological polar surface area (TPSA) is 73.2 Å². The summed E-state index contributed by atoms with van der Waals surface area (Å²) in [7, 11) is 0. The molecule has 0 saturated heterocycles. The molecule has 1 aromatic heterocycles. The van der Waals surface area contributed by atoms with Gasteiger partial charge >= 0.3 is 5.97 Å². The van der Waals surface area contributed by atoms with Gasteiger partial charge in [-0.3, -0.25) is 14.2 Å². The summed E-state index contributed by atoms with van der Waals surface area (Å²) in [5.74, 6) is -0.413. The van der Waals surface area contributed by atoms with Gasteiger partial charge in [-0.2, -0.15) is 0 Å². The number of ether oxygens (including phenoxy) is 1. The molecule has 6 nitrogen and oxygen atoms in total. The van der Waals surface area contributed by atoms with Gasteiger partial charge in [0.05, 0.1) is 5.69 Å². The third-order valence-corrected chi connectivity index (χ3v) is 4.51. The van der Waals surface area contributed by atoms with Crippen LogP contribution in [-0.4, -0.2) is 22.1 Å². The molecule has 2 aromatic carbocycles. The molecule has 3 rings (SSSR count). The van der Waals surface area contributed by atoms with E-state index < -0.39 is 11.5 Å². The Kier molecular flexibility index (Phi) is 7.03. The number of aromatic nitrogens is 2. The molecule has 0 radical (unpaired) electrons. The Morgan fingerprint density at radius 3 is 2.41 bits per heavy atom. The fourth-order valence-corrected chi connectivity index (χ4v) is 3.13. The minimum Gasteiger partial charge on any atom is -0.459 e. The number of carbonyl (C=O) groups excluding carboxylic acids is 1. The second-order valence-corrected chi connectivity index (χ2v) is 6.79. The van der Waals surface area contributed by atoms with E-state index in [9.17, 15) is 9.59 Å². The van der Waals surface area contributed by atoms with E-state index in [-0.39, 0.29) is 24.1 Å². The molecule has 0 bridgehead atoms. The van der Waals surface area contributed by atoms with E-state index in [2.05, 4.69) is 10.3 Å². The zero-order valence-electron chi connectivity index (χ0n) is 16.1. The number of nitrogens with one attached hydrogen (secondary N) is 1. The van der Waals surface area contributed by atoms with Gasteiger partial charge < -0.3 is 10.1 Å². The quantitative estimate of drug-likeness (QED) is 0.564. The molecule has 0 unspecified atom stereocenters. The Morgan fingerprint density at radius 1 is 1.10 bits per heavy atom. The molecule has 1 N–H and O–H groups in total. The number of hydrogen-bond donors (Lipinski definition) is 1. The van der Waals surface area contributed by atoms with Crippen LogP contribution < -0.4 is 10.9 Å². The summed E-state index contributed by atoms with van der Waals surface area (Å²) in [5, 5.41) is 3.12. The highest BCUT2D eigenvalue weighted by molar-refractivity contribution is 6.32. The number of benzene rings is 2. The summed E-state index contributed by atoms with van der Waals surface area (Å²) >= 11 is 6.41. The lowest BCUT2D eigenvalue weighted by molar-refractivity contribution is -0.145. The Hall–Kier alpha value is -3.12. The SMILES string of the molecule is CCCNc1nc(Cl)c(-c2ccccc2)n(CC(=O)OCc2ccccc2)c1=O. The second-order valence-electron chi connectivity index (χ2n) is 6.43. The Morgan fingerprint density at radius 2 is 1.76 bits per heavy atom. The lowest BCUT2D eigenvalue weighted by Gasteiger charge is -2.16. The minimum absolute atomic E-state index is 0.118. The molecule has 29 heavy (non-hydrogen) atoms. The highest BCUT2D eigenvalue weighted by Gasteiger charge is 2.19. The summed E-state index contributed by atoms with van der Waals surface area (Å²) in [6.07, 6.45) is 0.818. The van der Waals surface area contributed by atoms with Crippen molar-refractivity contribution >= 4 is 23.4 Å². The maximum absolute atomic E-state index is 13.0. The molecule has 0 aliphatic heterocycles. The van der Waals surface area contributed by atoms with Crippen molar-refractivity contribution in [2.75, 3.05) is 11.9 Å². The van der Waals surface area contributed by atoms with Crippen molar-refractivity contribution < 1.29 is 9.53 Å². The molecule has 0 atom stereocenters. The first-order chi connectivity index (χ1) is 14.1. The zero-order chi connectivity index (χ0) is 20.6. The molecule has 0 aliphatic rings. The maximum Gasteiger partial charge on any atom is 0.326 e. The van der Waals surface area contributed by atoms with E-state index in [4.69, 9.17) is 16.3 Å². The van der Waals surface area contributed by atoms with Crippen LogP contribution in [0.3, 0.4) is 0 Å². The standard InChI is InChI=1S/C22H22ClN3O3/c1-2-13-24-21-22(28)26(14-18(27)29-15-16-9-5-3-6-10-16)19(20(23)25-21)17-11-7-4-8-12-17/h3-12H,2,13-15H2,1H3,(H,24,25). The number of carbonyl (C=O) groups is 1. The van der Waals surface area contributed by atoms with Crippen LogP contribution in [-0.2, 0) is 22.7 Å². The second kappa shape index (κ2) is 9.89. The number of esters is 1. The first-order valence-corrected chi connectivity index (χ1v) is 9.77. The van der Waals surface area contributed by atoms with Gasteiger partial charge in [-0.1, -0.05) is 79.2 Å². The lowest BCUT2D eigenvalue weighted by atomic mass is 10.1. The molecule has 0 fully saturated rings. The van der Waals surface area contributed by atoms with Crippen molar-refractivity contribution in [3.8, 4) is 11.3 Å². The Bertz CT molecular complexity index is 1020. The van der Waals surface area contributed by atoms with Crippen molar-refractivity contribution in [1.82, 2.24) is 9.55 Å². The third kappa shape index (κ3) is 5.23. The van der Waals surface area contributed by atoms with Crippen molar-refractivity contribution in [3.05, 3.63) is 81.7 Å². The number of rotatable bonds is 8. The number of halogens is 1.